The zero-order valence-corrected chi connectivity index (χ0v) is 13.1. The number of rotatable bonds is 4. The van der Waals surface area contributed by atoms with Crippen LogP contribution in [0.15, 0.2) is 32.1 Å². The lowest BCUT2D eigenvalue weighted by atomic mass is 10.3. The molecular formula is C11H12BrN3O4S. The normalized spacial score (nSPS) is 11.3. The van der Waals surface area contributed by atoms with E-state index in [1.165, 1.54) is 25.3 Å². The van der Waals surface area contributed by atoms with Gasteiger partial charge in [0.05, 0.1) is 7.11 Å². The number of nitrogens with zero attached hydrogens (tertiary/aromatic N) is 1. The van der Waals surface area contributed by atoms with Gasteiger partial charge in [-0.15, -0.1) is 0 Å². The highest BCUT2D eigenvalue weighted by Crippen LogP contribution is 2.33. The molecule has 2 rings (SSSR count). The Hall–Kier alpha value is -1.74. The minimum Gasteiger partial charge on any atom is -0.495 e. The SMILES string of the molecule is COc1cc(Br)c(N)cc1S(=O)(=O)Nc1cc(C)on1. The van der Waals surface area contributed by atoms with Crippen LogP contribution in [0.4, 0.5) is 11.5 Å². The predicted molar refractivity (Wildman–Crippen MR) is 77.2 cm³/mol. The van der Waals surface area contributed by atoms with Gasteiger partial charge in [-0.2, -0.15) is 0 Å². The lowest BCUT2D eigenvalue weighted by Gasteiger charge is -2.11. The standard InChI is InChI=1S/C11H12BrN3O4S/c1-6-3-11(14-19-6)15-20(16,17)10-5-8(13)7(12)4-9(10)18-2/h3-5H,13H2,1-2H3,(H,14,15). The molecule has 1 heterocycles. The Bertz CT molecular complexity index is 742. The first kappa shape index (κ1) is 14.7. The molecule has 108 valence electrons. The number of methoxy groups -OCH3 is 1. The molecule has 0 radical (unpaired) electrons. The minimum atomic E-state index is -3.88. The Kier molecular flexibility index (Phi) is 3.91. The van der Waals surface area contributed by atoms with Crippen molar-refractivity contribution in [1.29, 1.82) is 0 Å². The number of nitrogen functional groups attached to an aromatic ring is 1. The highest BCUT2D eigenvalue weighted by atomic mass is 79.9. The molecule has 0 spiro atoms. The van der Waals surface area contributed by atoms with Crippen molar-refractivity contribution in [3.63, 3.8) is 0 Å². The van der Waals surface area contributed by atoms with Gasteiger partial charge >= 0.3 is 0 Å². The number of nitrogens with one attached hydrogen (secondary N) is 1. The summed E-state index contributed by atoms with van der Waals surface area (Å²) in [5.74, 6) is 0.745. The van der Waals surface area contributed by atoms with E-state index in [2.05, 4.69) is 25.8 Å². The summed E-state index contributed by atoms with van der Waals surface area (Å²) in [5.41, 5.74) is 5.99. The van der Waals surface area contributed by atoms with Crippen LogP contribution in [0.2, 0.25) is 0 Å². The van der Waals surface area contributed by atoms with E-state index in [1.54, 1.807) is 6.92 Å². The second-order valence-electron chi connectivity index (χ2n) is 3.95. The van der Waals surface area contributed by atoms with Crippen molar-refractivity contribution in [3.8, 4) is 5.75 Å². The summed E-state index contributed by atoms with van der Waals surface area (Å²) in [6, 6.07) is 4.25. The molecule has 0 unspecified atom stereocenters. The molecule has 20 heavy (non-hydrogen) atoms. The molecule has 0 atom stereocenters. The molecular weight excluding hydrogens is 350 g/mol. The Morgan fingerprint density at radius 2 is 2.10 bits per heavy atom. The molecule has 0 aliphatic rings. The van der Waals surface area contributed by atoms with Crippen LogP contribution in [0.3, 0.4) is 0 Å². The Morgan fingerprint density at radius 3 is 2.65 bits per heavy atom. The van der Waals surface area contributed by atoms with Crippen molar-refractivity contribution < 1.29 is 17.7 Å². The van der Waals surface area contributed by atoms with Gasteiger partial charge in [0.1, 0.15) is 16.4 Å². The Morgan fingerprint density at radius 1 is 1.40 bits per heavy atom. The molecule has 1 aromatic carbocycles. The highest BCUT2D eigenvalue weighted by Gasteiger charge is 2.22. The molecule has 1 aromatic heterocycles. The van der Waals surface area contributed by atoms with E-state index in [1.807, 2.05) is 0 Å². The molecule has 0 aliphatic carbocycles. The maximum atomic E-state index is 12.3. The van der Waals surface area contributed by atoms with E-state index < -0.39 is 10.0 Å². The first-order valence-electron chi connectivity index (χ1n) is 5.42. The number of aromatic nitrogens is 1. The van der Waals surface area contributed by atoms with Crippen molar-refractivity contribution in [2.75, 3.05) is 17.6 Å². The molecule has 7 nitrogen and oxygen atoms in total. The molecule has 0 fully saturated rings. The number of anilines is 2. The number of nitrogens with two attached hydrogens (primary N) is 1. The van der Waals surface area contributed by atoms with Gasteiger partial charge in [-0.1, -0.05) is 5.16 Å². The van der Waals surface area contributed by atoms with Gasteiger partial charge in [0.25, 0.3) is 10.0 Å². The van der Waals surface area contributed by atoms with Crippen molar-refractivity contribution in [3.05, 3.63) is 28.4 Å². The fourth-order valence-electron chi connectivity index (χ4n) is 1.53. The predicted octanol–water partition coefficient (Wildman–Crippen LogP) is 2.14. The van der Waals surface area contributed by atoms with E-state index in [9.17, 15) is 8.42 Å². The number of ether oxygens (including phenoxy) is 1. The van der Waals surface area contributed by atoms with Gasteiger partial charge in [-0.3, -0.25) is 4.72 Å². The molecule has 0 bridgehead atoms. The molecule has 0 saturated carbocycles. The van der Waals surface area contributed by atoms with Crippen LogP contribution in [0, 0.1) is 6.92 Å². The number of hydrogen-bond acceptors (Lipinski definition) is 6. The molecule has 0 aliphatic heterocycles. The van der Waals surface area contributed by atoms with Crippen molar-refractivity contribution in [2.24, 2.45) is 0 Å². The van der Waals surface area contributed by atoms with Gasteiger partial charge in [0, 0.05) is 16.2 Å². The summed E-state index contributed by atoms with van der Waals surface area (Å²) in [4.78, 5) is -0.0821. The summed E-state index contributed by atoms with van der Waals surface area (Å²) in [5, 5.41) is 3.58. The van der Waals surface area contributed by atoms with Gasteiger partial charge in [0.15, 0.2) is 5.82 Å². The van der Waals surface area contributed by atoms with Gasteiger partial charge < -0.3 is 15.0 Å². The number of benzene rings is 1. The van der Waals surface area contributed by atoms with Gasteiger partial charge in [-0.25, -0.2) is 8.42 Å². The van der Waals surface area contributed by atoms with E-state index >= 15 is 0 Å². The van der Waals surface area contributed by atoms with Crippen molar-refractivity contribution in [2.45, 2.75) is 11.8 Å². The zero-order chi connectivity index (χ0) is 14.9. The van der Waals surface area contributed by atoms with E-state index in [0.29, 0.717) is 10.2 Å². The average molecular weight is 362 g/mol. The number of sulfonamides is 1. The van der Waals surface area contributed by atoms with Crippen LogP contribution in [-0.2, 0) is 10.0 Å². The molecule has 9 heteroatoms. The van der Waals surface area contributed by atoms with Crippen LogP contribution >= 0.6 is 15.9 Å². The largest absolute Gasteiger partial charge is 0.495 e. The van der Waals surface area contributed by atoms with Crippen LogP contribution < -0.4 is 15.2 Å². The van der Waals surface area contributed by atoms with Gasteiger partial charge in [-0.05, 0) is 35.0 Å². The third-order valence-corrected chi connectivity index (χ3v) is 4.50. The number of aryl methyl sites for hydroxylation is 1. The van der Waals surface area contributed by atoms with Crippen molar-refractivity contribution >= 4 is 37.5 Å². The van der Waals surface area contributed by atoms with Crippen LogP contribution in [-0.4, -0.2) is 20.7 Å². The molecule has 2 aromatic rings. The molecule has 3 N–H and O–H groups in total. The minimum absolute atomic E-state index is 0.0821. The Balaban J connectivity index is 2.46. The maximum absolute atomic E-state index is 12.3. The highest BCUT2D eigenvalue weighted by molar-refractivity contribution is 9.10. The van der Waals surface area contributed by atoms with Crippen LogP contribution in [0.1, 0.15) is 5.76 Å². The zero-order valence-electron chi connectivity index (χ0n) is 10.7. The second-order valence-corrected chi connectivity index (χ2v) is 6.46. The summed E-state index contributed by atoms with van der Waals surface area (Å²) in [7, 11) is -2.51. The fourth-order valence-corrected chi connectivity index (χ4v) is 3.02. The fraction of sp³-hybridized carbons (Fsp3) is 0.182. The average Bonchev–Trinajstić information content (AvgIpc) is 2.76. The molecule has 0 amide bonds. The summed E-state index contributed by atoms with van der Waals surface area (Å²) < 4.78 is 37.3. The third-order valence-electron chi connectivity index (χ3n) is 2.44. The summed E-state index contributed by atoms with van der Waals surface area (Å²) >= 11 is 3.21. The third kappa shape index (κ3) is 2.88. The smallest absolute Gasteiger partial charge is 0.266 e. The van der Waals surface area contributed by atoms with E-state index in [-0.39, 0.29) is 22.2 Å². The Labute approximate surface area is 124 Å². The van der Waals surface area contributed by atoms with Gasteiger partial charge in [0.2, 0.25) is 0 Å². The van der Waals surface area contributed by atoms with Crippen LogP contribution in [0.5, 0.6) is 5.75 Å². The first-order valence-corrected chi connectivity index (χ1v) is 7.70. The lowest BCUT2D eigenvalue weighted by molar-refractivity contribution is 0.399. The monoisotopic (exact) mass is 361 g/mol. The van der Waals surface area contributed by atoms with E-state index in [4.69, 9.17) is 15.0 Å². The topological polar surface area (TPSA) is 107 Å². The second kappa shape index (κ2) is 5.33. The quantitative estimate of drug-likeness (QED) is 0.807. The number of halogens is 1. The number of hydrogen-bond donors (Lipinski definition) is 2. The van der Waals surface area contributed by atoms with Crippen LogP contribution in [0.25, 0.3) is 0 Å². The summed E-state index contributed by atoms with van der Waals surface area (Å²) in [6.07, 6.45) is 0. The van der Waals surface area contributed by atoms with Crippen molar-refractivity contribution in [1.82, 2.24) is 5.16 Å². The molecule has 0 saturated heterocycles. The lowest BCUT2D eigenvalue weighted by Crippen LogP contribution is -2.14. The summed E-state index contributed by atoms with van der Waals surface area (Å²) in [6.45, 7) is 1.66. The first-order chi connectivity index (χ1) is 9.33. The van der Waals surface area contributed by atoms with E-state index in [0.717, 1.165) is 0 Å². The maximum Gasteiger partial charge on any atom is 0.266 e.